The summed E-state index contributed by atoms with van der Waals surface area (Å²) in [7, 11) is 3.05. The van der Waals surface area contributed by atoms with Gasteiger partial charge in [0.15, 0.2) is 5.78 Å². The zero-order valence-electron chi connectivity index (χ0n) is 10.6. The van der Waals surface area contributed by atoms with Gasteiger partial charge in [0, 0.05) is 24.1 Å². The fourth-order valence-corrected chi connectivity index (χ4v) is 2.56. The summed E-state index contributed by atoms with van der Waals surface area (Å²) in [5.74, 6) is -1.04. The molecule has 0 unspecified atom stereocenters. The van der Waals surface area contributed by atoms with Crippen molar-refractivity contribution in [1.29, 1.82) is 0 Å². The number of carbonyl (C=O) groups excluding carboxylic acids is 1. The summed E-state index contributed by atoms with van der Waals surface area (Å²) in [6.07, 6.45) is -6.09. The lowest BCUT2D eigenvalue weighted by Gasteiger charge is -2.08. The van der Waals surface area contributed by atoms with Crippen LogP contribution in [0.5, 0.6) is 0 Å². The van der Waals surface area contributed by atoms with E-state index < -0.39 is 18.4 Å². The van der Waals surface area contributed by atoms with Crippen LogP contribution >= 0.6 is 15.9 Å². The minimum atomic E-state index is -4.56. The lowest BCUT2D eigenvalue weighted by Crippen LogP contribution is -2.19. The predicted molar refractivity (Wildman–Crippen MR) is 70.9 cm³/mol. The predicted octanol–water partition coefficient (Wildman–Crippen LogP) is 2.77. The maximum Gasteiger partial charge on any atom is 0.396 e. The first-order valence-corrected chi connectivity index (χ1v) is 6.36. The second-order valence-electron chi connectivity index (χ2n) is 4.44. The van der Waals surface area contributed by atoms with Crippen LogP contribution in [-0.2, 0) is 14.1 Å². The van der Waals surface area contributed by atoms with Gasteiger partial charge in [-0.1, -0.05) is 0 Å². The van der Waals surface area contributed by atoms with Crippen molar-refractivity contribution in [3.05, 3.63) is 32.7 Å². The van der Waals surface area contributed by atoms with Crippen LogP contribution in [-0.4, -0.2) is 21.1 Å². The number of imidazole rings is 1. The Balaban J connectivity index is 2.62. The highest BCUT2D eigenvalue weighted by Gasteiger charge is 2.32. The van der Waals surface area contributed by atoms with Gasteiger partial charge in [0.25, 0.3) is 0 Å². The number of benzene rings is 1. The molecule has 8 heteroatoms. The molecule has 1 aromatic carbocycles. The molecule has 0 aliphatic carbocycles. The molecule has 4 nitrogen and oxygen atoms in total. The Morgan fingerprint density at radius 3 is 2.20 bits per heavy atom. The Hall–Kier alpha value is -1.57. The standard InChI is InChI=1S/C12H10BrF3N2O2/c1-17-8-3-6(10(19)5-12(14,15)16)7(13)4-9(8)18(2)11(17)20/h3-4H,5H2,1-2H3. The number of hydrogen-bond acceptors (Lipinski definition) is 2. The lowest BCUT2D eigenvalue weighted by atomic mass is 10.1. The van der Waals surface area contributed by atoms with E-state index in [2.05, 4.69) is 15.9 Å². The normalized spacial score (nSPS) is 12.1. The Labute approximate surface area is 119 Å². The number of ketones is 1. The van der Waals surface area contributed by atoms with E-state index in [9.17, 15) is 22.8 Å². The van der Waals surface area contributed by atoms with Crippen molar-refractivity contribution in [3.63, 3.8) is 0 Å². The number of carbonyl (C=O) groups is 1. The average molecular weight is 351 g/mol. The summed E-state index contributed by atoms with van der Waals surface area (Å²) < 4.78 is 39.7. The quantitative estimate of drug-likeness (QED) is 0.781. The van der Waals surface area contributed by atoms with Crippen LogP contribution < -0.4 is 5.69 Å². The highest BCUT2D eigenvalue weighted by molar-refractivity contribution is 9.10. The molecule has 1 aromatic heterocycles. The van der Waals surface area contributed by atoms with Crippen molar-refractivity contribution in [3.8, 4) is 0 Å². The number of hydrogen-bond donors (Lipinski definition) is 0. The summed E-state index contributed by atoms with van der Waals surface area (Å²) in [5, 5.41) is 0. The molecular formula is C12H10BrF3N2O2. The third kappa shape index (κ3) is 2.52. The molecule has 0 saturated carbocycles. The smallest absolute Gasteiger partial charge is 0.295 e. The number of nitrogens with zero attached hydrogens (tertiary/aromatic N) is 2. The van der Waals surface area contributed by atoms with Gasteiger partial charge in [0.2, 0.25) is 0 Å². The number of fused-ring (bicyclic) bond motifs is 1. The number of Topliss-reactive ketones (excluding diaryl/α,β-unsaturated/α-hetero) is 1. The molecule has 0 atom stereocenters. The molecular weight excluding hydrogens is 341 g/mol. The molecule has 20 heavy (non-hydrogen) atoms. The molecule has 0 radical (unpaired) electrons. The van der Waals surface area contributed by atoms with Crippen molar-refractivity contribution in [2.45, 2.75) is 12.6 Å². The van der Waals surface area contributed by atoms with Crippen LogP contribution in [0.15, 0.2) is 21.4 Å². The van der Waals surface area contributed by atoms with Crippen molar-refractivity contribution in [1.82, 2.24) is 9.13 Å². The van der Waals surface area contributed by atoms with Crippen molar-refractivity contribution < 1.29 is 18.0 Å². The number of aryl methyl sites for hydroxylation is 2. The van der Waals surface area contributed by atoms with Crippen LogP contribution in [0.3, 0.4) is 0 Å². The van der Waals surface area contributed by atoms with E-state index >= 15 is 0 Å². The molecule has 108 valence electrons. The zero-order chi connectivity index (χ0) is 15.2. The highest BCUT2D eigenvalue weighted by atomic mass is 79.9. The second-order valence-corrected chi connectivity index (χ2v) is 5.29. The minimum absolute atomic E-state index is 0.0870. The summed E-state index contributed by atoms with van der Waals surface area (Å²) >= 11 is 3.08. The Bertz CT molecular complexity index is 759. The van der Waals surface area contributed by atoms with Crippen LogP contribution in [0.4, 0.5) is 13.2 Å². The first-order chi connectivity index (χ1) is 9.11. The van der Waals surface area contributed by atoms with Gasteiger partial charge in [-0.3, -0.25) is 13.9 Å². The fourth-order valence-electron chi connectivity index (χ4n) is 2.01. The number of halogens is 4. The van der Waals surface area contributed by atoms with Gasteiger partial charge in [-0.2, -0.15) is 13.2 Å². The van der Waals surface area contributed by atoms with E-state index in [0.717, 1.165) is 0 Å². The maximum atomic E-state index is 12.3. The topological polar surface area (TPSA) is 44.0 Å². The lowest BCUT2D eigenvalue weighted by molar-refractivity contribution is -0.125. The van der Waals surface area contributed by atoms with Gasteiger partial charge < -0.3 is 0 Å². The molecule has 0 aliphatic rings. The van der Waals surface area contributed by atoms with Crippen molar-refractivity contribution >= 4 is 32.7 Å². The monoisotopic (exact) mass is 350 g/mol. The van der Waals surface area contributed by atoms with Crippen molar-refractivity contribution in [2.24, 2.45) is 14.1 Å². The Morgan fingerprint density at radius 1 is 1.20 bits per heavy atom. The zero-order valence-corrected chi connectivity index (χ0v) is 12.2. The highest BCUT2D eigenvalue weighted by Crippen LogP contribution is 2.28. The molecule has 0 fully saturated rings. The van der Waals surface area contributed by atoms with Gasteiger partial charge in [-0.25, -0.2) is 4.79 Å². The van der Waals surface area contributed by atoms with E-state index in [0.29, 0.717) is 11.0 Å². The number of alkyl halides is 3. The molecule has 0 spiro atoms. The van der Waals surface area contributed by atoms with Gasteiger partial charge in [-0.05, 0) is 28.1 Å². The van der Waals surface area contributed by atoms with Gasteiger partial charge in [0.1, 0.15) is 6.42 Å². The van der Waals surface area contributed by atoms with Gasteiger partial charge in [0.05, 0.1) is 11.0 Å². The fraction of sp³-hybridized carbons (Fsp3) is 0.333. The molecule has 0 aliphatic heterocycles. The largest absolute Gasteiger partial charge is 0.396 e. The first kappa shape index (κ1) is 14.8. The molecule has 2 rings (SSSR count). The van der Waals surface area contributed by atoms with E-state index in [4.69, 9.17) is 0 Å². The molecule has 0 saturated heterocycles. The summed E-state index contributed by atoms with van der Waals surface area (Å²) in [5.41, 5.74) is 0.544. The Morgan fingerprint density at radius 2 is 1.70 bits per heavy atom. The Kier molecular flexibility index (Phi) is 3.53. The van der Waals surface area contributed by atoms with Crippen molar-refractivity contribution in [2.75, 3.05) is 0 Å². The number of aromatic nitrogens is 2. The van der Waals surface area contributed by atoms with Crippen LogP contribution in [0.25, 0.3) is 11.0 Å². The number of rotatable bonds is 2. The summed E-state index contributed by atoms with van der Waals surface area (Å²) in [6.45, 7) is 0. The molecule has 0 amide bonds. The van der Waals surface area contributed by atoms with E-state index in [1.165, 1.54) is 28.3 Å². The van der Waals surface area contributed by atoms with Crippen LogP contribution in [0, 0.1) is 0 Å². The first-order valence-electron chi connectivity index (χ1n) is 5.56. The summed E-state index contributed by atoms with van der Waals surface area (Å²) in [6, 6.07) is 2.77. The summed E-state index contributed by atoms with van der Waals surface area (Å²) in [4.78, 5) is 23.4. The maximum absolute atomic E-state index is 12.3. The van der Waals surface area contributed by atoms with Gasteiger partial charge in [-0.15, -0.1) is 0 Å². The van der Waals surface area contributed by atoms with E-state index in [-0.39, 0.29) is 15.7 Å². The van der Waals surface area contributed by atoms with Gasteiger partial charge >= 0.3 is 11.9 Å². The minimum Gasteiger partial charge on any atom is -0.295 e. The average Bonchev–Trinajstić information content (AvgIpc) is 2.51. The molecule has 0 N–H and O–H groups in total. The van der Waals surface area contributed by atoms with E-state index in [1.54, 1.807) is 7.05 Å². The molecule has 2 aromatic rings. The second kappa shape index (κ2) is 4.76. The van der Waals surface area contributed by atoms with Crippen LogP contribution in [0.2, 0.25) is 0 Å². The molecule has 1 heterocycles. The third-order valence-electron chi connectivity index (χ3n) is 3.02. The van der Waals surface area contributed by atoms with Crippen LogP contribution in [0.1, 0.15) is 16.8 Å². The SMILES string of the molecule is Cn1c(=O)n(C)c2cc(C(=O)CC(F)(F)F)c(Br)cc21. The third-order valence-corrected chi connectivity index (χ3v) is 3.68. The molecule has 0 bridgehead atoms. The van der Waals surface area contributed by atoms with E-state index in [1.807, 2.05) is 0 Å².